The number of hydrogen-bond donors (Lipinski definition) is 2. The molecule has 5 heteroatoms. The van der Waals surface area contributed by atoms with Gasteiger partial charge in [-0.2, -0.15) is 5.10 Å². The van der Waals surface area contributed by atoms with E-state index in [1.54, 1.807) is 0 Å². The van der Waals surface area contributed by atoms with Gasteiger partial charge in [-0.15, -0.1) is 0 Å². The summed E-state index contributed by atoms with van der Waals surface area (Å²) in [6.07, 6.45) is 6.19. The Morgan fingerprint density at radius 2 is 2.32 bits per heavy atom. The van der Waals surface area contributed by atoms with Crippen LogP contribution in [0.2, 0.25) is 0 Å². The van der Waals surface area contributed by atoms with Crippen molar-refractivity contribution < 1.29 is 4.79 Å². The molecule has 124 valence electrons. The molecular formula is C17H30N4O. The summed E-state index contributed by atoms with van der Waals surface area (Å²) in [5, 5.41) is 10.1. The van der Waals surface area contributed by atoms with Crippen LogP contribution in [0.15, 0.2) is 6.07 Å². The third-order valence-electron chi connectivity index (χ3n) is 4.50. The van der Waals surface area contributed by atoms with Crippen molar-refractivity contribution in [2.24, 2.45) is 0 Å². The van der Waals surface area contributed by atoms with Crippen molar-refractivity contribution in [3.63, 3.8) is 0 Å². The zero-order valence-corrected chi connectivity index (χ0v) is 14.2. The van der Waals surface area contributed by atoms with E-state index in [1.165, 1.54) is 38.6 Å². The van der Waals surface area contributed by atoms with E-state index in [-0.39, 0.29) is 5.91 Å². The van der Waals surface area contributed by atoms with Crippen molar-refractivity contribution in [1.29, 1.82) is 0 Å². The number of unbranched alkanes of at least 4 members (excludes halogenated alkanes) is 1. The van der Waals surface area contributed by atoms with E-state index < -0.39 is 0 Å². The van der Waals surface area contributed by atoms with Crippen LogP contribution in [0.3, 0.4) is 0 Å². The number of aromatic nitrogens is 2. The Bertz CT molecular complexity index is 469. The maximum absolute atomic E-state index is 12.2. The zero-order chi connectivity index (χ0) is 15.9. The Kier molecular flexibility index (Phi) is 6.43. The van der Waals surface area contributed by atoms with Gasteiger partial charge in [0.1, 0.15) is 5.69 Å². The average molecular weight is 306 g/mol. The minimum absolute atomic E-state index is 0.0656. The van der Waals surface area contributed by atoms with Crippen molar-refractivity contribution >= 4 is 5.91 Å². The van der Waals surface area contributed by atoms with Crippen molar-refractivity contribution in [3.05, 3.63) is 17.5 Å². The first-order chi connectivity index (χ1) is 10.6. The van der Waals surface area contributed by atoms with E-state index in [9.17, 15) is 4.79 Å². The maximum atomic E-state index is 12.2. The van der Waals surface area contributed by atoms with Gasteiger partial charge in [0.15, 0.2) is 0 Å². The van der Waals surface area contributed by atoms with E-state index >= 15 is 0 Å². The molecule has 0 aromatic carbocycles. The molecule has 1 aliphatic rings. The second-order valence-electron chi connectivity index (χ2n) is 6.61. The highest BCUT2D eigenvalue weighted by Gasteiger charge is 2.22. The van der Waals surface area contributed by atoms with Gasteiger partial charge in [0.05, 0.1) is 0 Å². The minimum Gasteiger partial charge on any atom is -0.349 e. The minimum atomic E-state index is -0.0656. The summed E-state index contributed by atoms with van der Waals surface area (Å²) >= 11 is 0. The number of piperidine rings is 1. The van der Waals surface area contributed by atoms with Gasteiger partial charge in [-0.25, -0.2) is 0 Å². The number of carbonyl (C=O) groups is 1. The van der Waals surface area contributed by atoms with Gasteiger partial charge in [0, 0.05) is 18.3 Å². The highest BCUT2D eigenvalue weighted by atomic mass is 16.1. The van der Waals surface area contributed by atoms with Gasteiger partial charge in [0.25, 0.3) is 5.91 Å². The molecule has 0 bridgehead atoms. The summed E-state index contributed by atoms with van der Waals surface area (Å²) < 4.78 is 0. The van der Waals surface area contributed by atoms with Crippen molar-refractivity contribution in [1.82, 2.24) is 20.4 Å². The number of H-pyrrole nitrogens is 1. The molecule has 22 heavy (non-hydrogen) atoms. The van der Waals surface area contributed by atoms with E-state index in [0.29, 0.717) is 17.7 Å². The van der Waals surface area contributed by atoms with Crippen LogP contribution in [0.4, 0.5) is 0 Å². The van der Waals surface area contributed by atoms with Crippen molar-refractivity contribution in [3.8, 4) is 0 Å². The number of hydrogen-bond acceptors (Lipinski definition) is 3. The lowest BCUT2D eigenvalue weighted by Gasteiger charge is -2.35. The molecule has 1 atom stereocenters. The second kappa shape index (κ2) is 8.32. The van der Waals surface area contributed by atoms with E-state index in [4.69, 9.17) is 0 Å². The van der Waals surface area contributed by atoms with Gasteiger partial charge in [-0.1, -0.05) is 33.6 Å². The first-order valence-corrected chi connectivity index (χ1v) is 8.69. The first-order valence-electron chi connectivity index (χ1n) is 8.69. The third kappa shape index (κ3) is 4.57. The fourth-order valence-corrected chi connectivity index (χ4v) is 3.00. The third-order valence-corrected chi connectivity index (χ3v) is 4.50. The van der Waals surface area contributed by atoms with Crippen LogP contribution < -0.4 is 5.32 Å². The molecule has 1 saturated heterocycles. The number of nitrogens with zero attached hydrogens (tertiary/aromatic N) is 2. The number of rotatable bonds is 7. The fourth-order valence-electron chi connectivity index (χ4n) is 3.00. The Balaban J connectivity index is 1.85. The van der Waals surface area contributed by atoms with E-state index in [0.717, 1.165) is 18.8 Å². The lowest BCUT2D eigenvalue weighted by molar-refractivity contribution is 0.0908. The van der Waals surface area contributed by atoms with Gasteiger partial charge in [-0.05, 0) is 44.3 Å². The monoisotopic (exact) mass is 306 g/mol. The highest BCUT2D eigenvalue weighted by Crippen LogP contribution is 2.17. The Hall–Kier alpha value is -1.36. The standard InChI is InChI=1S/C17H30N4O/c1-4-5-9-21-10-7-6-8-14(21)12-18-17(22)16-11-15(13(2)3)19-20-16/h11,13-14H,4-10,12H2,1-3H3,(H,18,22)(H,19,20). The summed E-state index contributed by atoms with van der Waals surface area (Å²) in [7, 11) is 0. The van der Waals surface area contributed by atoms with E-state index in [2.05, 4.69) is 41.2 Å². The van der Waals surface area contributed by atoms with E-state index in [1.807, 2.05) is 6.07 Å². The van der Waals surface area contributed by atoms with Crippen molar-refractivity contribution in [2.75, 3.05) is 19.6 Å². The van der Waals surface area contributed by atoms with Crippen LogP contribution in [-0.2, 0) is 0 Å². The van der Waals surface area contributed by atoms with Crippen LogP contribution in [-0.4, -0.2) is 46.7 Å². The summed E-state index contributed by atoms with van der Waals surface area (Å²) in [6, 6.07) is 2.34. The lowest BCUT2D eigenvalue weighted by atomic mass is 10.0. The Morgan fingerprint density at radius 3 is 3.00 bits per heavy atom. The highest BCUT2D eigenvalue weighted by molar-refractivity contribution is 5.92. The maximum Gasteiger partial charge on any atom is 0.271 e. The molecule has 0 radical (unpaired) electrons. The molecule has 1 aromatic heterocycles. The first kappa shape index (κ1) is 17.0. The predicted molar refractivity (Wildman–Crippen MR) is 89.1 cm³/mol. The molecule has 1 fully saturated rings. The molecule has 2 N–H and O–H groups in total. The quantitative estimate of drug-likeness (QED) is 0.814. The van der Waals surface area contributed by atoms with Gasteiger partial charge < -0.3 is 5.32 Å². The summed E-state index contributed by atoms with van der Waals surface area (Å²) in [6.45, 7) is 9.44. The molecule has 1 unspecified atom stereocenters. The molecule has 0 saturated carbocycles. The molecule has 5 nitrogen and oxygen atoms in total. The largest absolute Gasteiger partial charge is 0.349 e. The van der Waals surface area contributed by atoms with Crippen LogP contribution >= 0.6 is 0 Å². The van der Waals surface area contributed by atoms with Gasteiger partial charge >= 0.3 is 0 Å². The smallest absolute Gasteiger partial charge is 0.271 e. The predicted octanol–water partition coefficient (Wildman–Crippen LogP) is 2.92. The topological polar surface area (TPSA) is 61.0 Å². The van der Waals surface area contributed by atoms with Crippen LogP contribution in [0, 0.1) is 0 Å². The van der Waals surface area contributed by atoms with Crippen LogP contribution in [0.25, 0.3) is 0 Å². The number of aromatic amines is 1. The lowest BCUT2D eigenvalue weighted by Crippen LogP contribution is -2.47. The average Bonchev–Trinajstić information content (AvgIpc) is 3.01. The SMILES string of the molecule is CCCCN1CCCCC1CNC(=O)c1cc(C(C)C)[nH]n1. The molecule has 0 spiro atoms. The van der Waals surface area contributed by atoms with Gasteiger partial charge in [-0.3, -0.25) is 14.8 Å². The number of nitrogens with one attached hydrogen (secondary N) is 2. The molecule has 2 heterocycles. The molecule has 1 amide bonds. The Labute approximate surface area is 133 Å². The normalized spacial score (nSPS) is 19.5. The number of likely N-dealkylation sites (tertiary alicyclic amines) is 1. The Morgan fingerprint density at radius 1 is 1.50 bits per heavy atom. The molecule has 2 rings (SSSR count). The summed E-state index contributed by atoms with van der Waals surface area (Å²) in [4.78, 5) is 14.8. The molecule has 1 aliphatic heterocycles. The summed E-state index contributed by atoms with van der Waals surface area (Å²) in [5.41, 5.74) is 1.51. The zero-order valence-electron chi connectivity index (χ0n) is 14.2. The fraction of sp³-hybridized carbons (Fsp3) is 0.765. The molecular weight excluding hydrogens is 276 g/mol. The van der Waals surface area contributed by atoms with Crippen molar-refractivity contribution in [2.45, 2.75) is 64.8 Å². The molecule has 1 aromatic rings. The summed E-state index contributed by atoms with van der Waals surface area (Å²) in [5.74, 6) is 0.293. The molecule has 0 aliphatic carbocycles. The second-order valence-corrected chi connectivity index (χ2v) is 6.61. The number of amides is 1. The number of carbonyl (C=O) groups excluding carboxylic acids is 1. The van der Waals surface area contributed by atoms with Gasteiger partial charge in [0.2, 0.25) is 0 Å². The van der Waals surface area contributed by atoms with Crippen LogP contribution in [0.1, 0.15) is 75.0 Å². The van der Waals surface area contributed by atoms with Crippen LogP contribution in [0.5, 0.6) is 0 Å².